The first-order chi connectivity index (χ1) is 9.24. The zero-order valence-electron chi connectivity index (χ0n) is 11.9. The van der Waals surface area contributed by atoms with Gasteiger partial charge in [-0.25, -0.2) is 0 Å². The molecule has 2 atom stereocenters. The summed E-state index contributed by atoms with van der Waals surface area (Å²) in [6, 6.07) is 10.6. The molecule has 0 saturated carbocycles. The molecule has 1 aromatic carbocycles. The lowest BCUT2D eigenvalue weighted by Gasteiger charge is -2.37. The van der Waals surface area contributed by atoms with Gasteiger partial charge in [-0.2, -0.15) is 5.26 Å². The number of nitrogens with one attached hydrogen (secondary N) is 1. The molecule has 0 radical (unpaired) electrons. The Labute approximate surface area is 116 Å². The number of benzene rings is 1. The summed E-state index contributed by atoms with van der Waals surface area (Å²) in [4.78, 5) is 2.56. The molecule has 0 spiro atoms. The van der Waals surface area contributed by atoms with E-state index in [2.05, 4.69) is 35.3 Å². The standard InChI is InChI=1S/C16H23N3/c1-13(16-7-5-14(10-17)6-8-16)19-9-3-4-15(12-19)11-18-2/h5-8,13,15,18H,3-4,9,11-12H2,1-2H3. The lowest BCUT2D eigenvalue weighted by Crippen LogP contribution is -2.40. The van der Waals surface area contributed by atoms with E-state index >= 15 is 0 Å². The van der Waals surface area contributed by atoms with Crippen LogP contribution in [0, 0.1) is 17.2 Å². The zero-order chi connectivity index (χ0) is 13.7. The van der Waals surface area contributed by atoms with Crippen LogP contribution in [0.1, 0.15) is 36.9 Å². The lowest BCUT2D eigenvalue weighted by atomic mass is 9.95. The van der Waals surface area contributed by atoms with Crippen molar-refractivity contribution >= 4 is 0 Å². The summed E-state index contributed by atoms with van der Waals surface area (Å²) >= 11 is 0. The van der Waals surface area contributed by atoms with E-state index < -0.39 is 0 Å². The summed E-state index contributed by atoms with van der Waals surface area (Å²) < 4.78 is 0. The first-order valence-corrected chi connectivity index (χ1v) is 7.13. The molecule has 2 rings (SSSR count). The second-order valence-electron chi connectivity index (χ2n) is 5.47. The number of likely N-dealkylation sites (tertiary alicyclic amines) is 1. The number of nitriles is 1. The van der Waals surface area contributed by atoms with E-state index in [1.54, 1.807) is 0 Å². The van der Waals surface area contributed by atoms with Gasteiger partial charge in [-0.3, -0.25) is 4.90 Å². The van der Waals surface area contributed by atoms with E-state index in [1.807, 2.05) is 19.2 Å². The van der Waals surface area contributed by atoms with Gasteiger partial charge in [0, 0.05) is 12.6 Å². The summed E-state index contributed by atoms with van der Waals surface area (Å²) in [5, 5.41) is 12.1. The predicted octanol–water partition coefficient (Wildman–Crippen LogP) is 2.55. The van der Waals surface area contributed by atoms with Crippen molar-refractivity contribution in [3.8, 4) is 6.07 Å². The third-order valence-electron chi connectivity index (χ3n) is 4.11. The highest BCUT2D eigenvalue weighted by Gasteiger charge is 2.23. The summed E-state index contributed by atoms with van der Waals surface area (Å²) in [6.07, 6.45) is 2.62. The van der Waals surface area contributed by atoms with E-state index in [4.69, 9.17) is 5.26 Å². The Bertz CT molecular complexity index is 430. The van der Waals surface area contributed by atoms with Crippen LogP contribution >= 0.6 is 0 Å². The molecule has 1 N–H and O–H groups in total. The molecular formula is C16H23N3. The molecule has 3 nitrogen and oxygen atoms in total. The Morgan fingerprint density at radius 2 is 2.16 bits per heavy atom. The SMILES string of the molecule is CNCC1CCCN(C(C)c2ccc(C#N)cc2)C1. The van der Waals surface area contributed by atoms with E-state index in [0.29, 0.717) is 6.04 Å². The fraction of sp³-hybridized carbons (Fsp3) is 0.562. The average molecular weight is 257 g/mol. The molecular weight excluding hydrogens is 234 g/mol. The van der Waals surface area contributed by atoms with Crippen molar-refractivity contribution in [3.63, 3.8) is 0 Å². The average Bonchev–Trinajstić information content (AvgIpc) is 2.47. The molecule has 1 saturated heterocycles. The van der Waals surface area contributed by atoms with Gasteiger partial charge in [0.05, 0.1) is 11.6 Å². The van der Waals surface area contributed by atoms with Crippen LogP contribution in [0.25, 0.3) is 0 Å². The monoisotopic (exact) mass is 257 g/mol. The molecule has 1 fully saturated rings. The molecule has 2 unspecified atom stereocenters. The van der Waals surface area contributed by atoms with Crippen LogP contribution in [0.5, 0.6) is 0 Å². The Balaban J connectivity index is 2.01. The quantitative estimate of drug-likeness (QED) is 0.901. The lowest BCUT2D eigenvalue weighted by molar-refractivity contribution is 0.131. The largest absolute Gasteiger partial charge is 0.319 e. The van der Waals surface area contributed by atoms with Gasteiger partial charge in [-0.15, -0.1) is 0 Å². The molecule has 0 aliphatic carbocycles. The van der Waals surface area contributed by atoms with Crippen molar-refractivity contribution < 1.29 is 0 Å². The minimum absolute atomic E-state index is 0.437. The van der Waals surface area contributed by atoms with Crippen LogP contribution in [0.3, 0.4) is 0 Å². The Kier molecular flexibility index (Phi) is 4.95. The second kappa shape index (κ2) is 6.70. The second-order valence-corrected chi connectivity index (χ2v) is 5.47. The number of hydrogen-bond acceptors (Lipinski definition) is 3. The maximum Gasteiger partial charge on any atom is 0.0991 e. The number of hydrogen-bond donors (Lipinski definition) is 1. The van der Waals surface area contributed by atoms with Gasteiger partial charge in [0.15, 0.2) is 0 Å². The van der Waals surface area contributed by atoms with Crippen LogP contribution in [-0.2, 0) is 0 Å². The van der Waals surface area contributed by atoms with Gasteiger partial charge in [0.2, 0.25) is 0 Å². The van der Waals surface area contributed by atoms with Crippen LogP contribution < -0.4 is 5.32 Å². The first kappa shape index (κ1) is 14.0. The minimum atomic E-state index is 0.437. The summed E-state index contributed by atoms with van der Waals surface area (Å²) in [7, 11) is 2.03. The van der Waals surface area contributed by atoms with Crippen molar-refractivity contribution in [2.24, 2.45) is 5.92 Å². The Morgan fingerprint density at radius 3 is 2.79 bits per heavy atom. The third-order valence-corrected chi connectivity index (χ3v) is 4.11. The van der Waals surface area contributed by atoms with Crippen LogP contribution in [-0.4, -0.2) is 31.6 Å². The fourth-order valence-electron chi connectivity index (χ4n) is 2.95. The number of piperidine rings is 1. The van der Waals surface area contributed by atoms with Gasteiger partial charge in [0.25, 0.3) is 0 Å². The molecule has 1 aromatic rings. The third kappa shape index (κ3) is 3.56. The fourth-order valence-corrected chi connectivity index (χ4v) is 2.95. The first-order valence-electron chi connectivity index (χ1n) is 7.13. The highest BCUT2D eigenvalue weighted by molar-refractivity contribution is 5.32. The van der Waals surface area contributed by atoms with E-state index in [0.717, 1.165) is 18.0 Å². The molecule has 1 aliphatic heterocycles. The van der Waals surface area contributed by atoms with Crippen LogP contribution in [0.2, 0.25) is 0 Å². The highest BCUT2D eigenvalue weighted by atomic mass is 15.2. The van der Waals surface area contributed by atoms with Crippen LogP contribution in [0.4, 0.5) is 0 Å². The Morgan fingerprint density at radius 1 is 1.42 bits per heavy atom. The van der Waals surface area contributed by atoms with Gasteiger partial charge >= 0.3 is 0 Å². The van der Waals surface area contributed by atoms with Crippen molar-refractivity contribution in [3.05, 3.63) is 35.4 Å². The van der Waals surface area contributed by atoms with Crippen molar-refractivity contribution in [2.45, 2.75) is 25.8 Å². The molecule has 0 amide bonds. The smallest absolute Gasteiger partial charge is 0.0991 e. The van der Waals surface area contributed by atoms with E-state index in [1.165, 1.54) is 31.5 Å². The van der Waals surface area contributed by atoms with Gasteiger partial charge in [0.1, 0.15) is 0 Å². The van der Waals surface area contributed by atoms with Crippen molar-refractivity contribution in [2.75, 3.05) is 26.7 Å². The number of nitrogens with zero attached hydrogens (tertiary/aromatic N) is 2. The maximum atomic E-state index is 8.84. The molecule has 1 heterocycles. The summed E-state index contributed by atoms with van der Waals surface area (Å²) in [5.74, 6) is 0.764. The van der Waals surface area contributed by atoms with E-state index in [9.17, 15) is 0 Å². The van der Waals surface area contributed by atoms with Gasteiger partial charge in [-0.1, -0.05) is 12.1 Å². The van der Waals surface area contributed by atoms with Gasteiger partial charge < -0.3 is 5.32 Å². The molecule has 0 aromatic heterocycles. The normalized spacial score (nSPS) is 21.8. The van der Waals surface area contributed by atoms with Crippen molar-refractivity contribution in [1.82, 2.24) is 10.2 Å². The number of rotatable bonds is 4. The molecule has 102 valence electrons. The van der Waals surface area contributed by atoms with E-state index in [-0.39, 0.29) is 0 Å². The Hall–Kier alpha value is -1.37. The molecule has 1 aliphatic rings. The topological polar surface area (TPSA) is 39.1 Å². The molecule has 3 heteroatoms. The molecule has 19 heavy (non-hydrogen) atoms. The minimum Gasteiger partial charge on any atom is -0.319 e. The van der Waals surface area contributed by atoms with Gasteiger partial charge in [-0.05, 0) is 63.5 Å². The maximum absolute atomic E-state index is 8.84. The van der Waals surface area contributed by atoms with Crippen LogP contribution in [0.15, 0.2) is 24.3 Å². The highest BCUT2D eigenvalue weighted by Crippen LogP contribution is 2.26. The zero-order valence-corrected chi connectivity index (χ0v) is 11.9. The summed E-state index contributed by atoms with van der Waals surface area (Å²) in [5.41, 5.74) is 2.05. The molecule has 0 bridgehead atoms. The predicted molar refractivity (Wildman–Crippen MR) is 77.8 cm³/mol. The summed E-state index contributed by atoms with van der Waals surface area (Å²) in [6.45, 7) is 5.73. The van der Waals surface area contributed by atoms with Crippen molar-refractivity contribution in [1.29, 1.82) is 5.26 Å².